The Morgan fingerprint density at radius 3 is 2.54 bits per heavy atom. The van der Waals surface area contributed by atoms with E-state index in [4.69, 9.17) is 4.74 Å². The van der Waals surface area contributed by atoms with Crippen LogP contribution in [0.15, 0.2) is 36.4 Å². The summed E-state index contributed by atoms with van der Waals surface area (Å²) in [5.74, 6) is -0.681. The van der Waals surface area contributed by atoms with Crippen molar-refractivity contribution in [1.82, 2.24) is 0 Å². The molecule has 2 aromatic rings. The molecule has 3 rings (SSSR count). The average Bonchev–Trinajstić information content (AvgIpc) is 2.66. The van der Waals surface area contributed by atoms with E-state index in [-0.39, 0.29) is 23.3 Å². The minimum atomic E-state index is -0.494. The predicted molar refractivity (Wildman–Crippen MR) is 104 cm³/mol. The number of anilines is 1. The first-order valence-corrected chi connectivity index (χ1v) is 9.21. The van der Waals surface area contributed by atoms with Crippen molar-refractivity contribution < 1.29 is 23.5 Å². The first kappa shape index (κ1) is 19.9. The first-order valence-electron chi connectivity index (χ1n) is 9.21. The Kier molecular flexibility index (Phi) is 5.68. The van der Waals surface area contributed by atoms with E-state index in [9.17, 15) is 14.0 Å². The van der Waals surface area contributed by atoms with Crippen LogP contribution in [-0.2, 0) is 21.4 Å². The first-order chi connectivity index (χ1) is 13.4. The summed E-state index contributed by atoms with van der Waals surface area (Å²) in [6.07, 6.45) is 2.98. The molecule has 0 aromatic heterocycles. The lowest BCUT2D eigenvalue weighted by Crippen LogP contribution is -2.31. The molecule has 0 aliphatic heterocycles. The normalized spacial score (nSPS) is 14.7. The van der Waals surface area contributed by atoms with E-state index in [2.05, 4.69) is 17.0 Å². The maximum absolute atomic E-state index is 14.7. The fourth-order valence-electron chi connectivity index (χ4n) is 3.57. The smallest absolute Gasteiger partial charge is 0.337 e. The van der Waals surface area contributed by atoms with E-state index >= 15 is 0 Å². The number of nitrogens with one attached hydrogen (secondary N) is 1. The van der Waals surface area contributed by atoms with Crippen molar-refractivity contribution in [3.8, 4) is 5.75 Å². The van der Waals surface area contributed by atoms with Gasteiger partial charge in [-0.1, -0.05) is 19.4 Å². The lowest BCUT2D eigenvalue weighted by molar-refractivity contribution is -0.115. The summed E-state index contributed by atoms with van der Waals surface area (Å²) in [5.41, 5.74) is 1.82. The van der Waals surface area contributed by atoms with Gasteiger partial charge in [0.25, 0.3) is 0 Å². The molecule has 0 bridgehead atoms. The molecule has 1 aliphatic rings. The van der Waals surface area contributed by atoms with Crippen molar-refractivity contribution in [1.29, 1.82) is 0 Å². The van der Waals surface area contributed by atoms with Crippen LogP contribution in [0.2, 0.25) is 0 Å². The third-order valence-electron chi connectivity index (χ3n) is 5.39. The van der Waals surface area contributed by atoms with Gasteiger partial charge in [0.1, 0.15) is 11.6 Å². The van der Waals surface area contributed by atoms with Crippen LogP contribution in [0.4, 0.5) is 10.1 Å². The van der Waals surface area contributed by atoms with E-state index in [0.717, 1.165) is 24.8 Å². The van der Waals surface area contributed by atoms with Crippen molar-refractivity contribution in [2.75, 3.05) is 19.5 Å². The topological polar surface area (TPSA) is 64.6 Å². The molecular formula is C22H24FNO4. The van der Waals surface area contributed by atoms with Gasteiger partial charge in [0.05, 0.1) is 26.2 Å². The minimum Gasteiger partial charge on any atom is -0.496 e. The number of carbonyl (C=O) groups is 2. The molecule has 1 fully saturated rings. The number of ether oxygens (including phenoxy) is 2. The third-order valence-corrected chi connectivity index (χ3v) is 5.39. The summed E-state index contributed by atoms with van der Waals surface area (Å²) < 4.78 is 24.8. The van der Waals surface area contributed by atoms with Crippen LogP contribution >= 0.6 is 0 Å². The van der Waals surface area contributed by atoms with Crippen LogP contribution in [0.1, 0.15) is 47.7 Å². The van der Waals surface area contributed by atoms with Crippen molar-refractivity contribution in [2.24, 2.45) is 0 Å². The SMILES string of the molecule is COC(=O)c1cccc(NC(=O)Cc2cc(OC)c(C3(C)CCC3)cc2F)c1. The van der Waals surface area contributed by atoms with Gasteiger partial charge < -0.3 is 14.8 Å². The highest BCUT2D eigenvalue weighted by Crippen LogP contribution is 2.47. The molecule has 148 valence electrons. The molecular weight excluding hydrogens is 361 g/mol. The molecule has 0 unspecified atom stereocenters. The fraction of sp³-hybridized carbons (Fsp3) is 0.364. The van der Waals surface area contributed by atoms with E-state index in [1.165, 1.54) is 19.2 Å². The number of carbonyl (C=O) groups excluding carboxylic acids is 2. The number of hydrogen-bond acceptors (Lipinski definition) is 4. The number of methoxy groups -OCH3 is 2. The Labute approximate surface area is 163 Å². The van der Waals surface area contributed by atoms with Gasteiger partial charge >= 0.3 is 5.97 Å². The molecule has 0 atom stereocenters. The average molecular weight is 385 g/mol. The maximum atomic E-state index is 14.7. The zero-order valence-electron chi connectivity index (χ0n) is 16.3. The molecule has 5 nitrogen and oxygen atoms in total. The number of esters is 1. The number of amides is 1. The highest BCUT2D eigenvalue weighted by Gasteiger charge is 2.36. The van der Waals surface area contributed by atoms with E-state index < -0.39 is 11.8 Å². The number of hydrogen-bond donors (Lipinski definition) is 1. The van der Waals surface area contributed by atoms with Crippen LogP contribution in [0.5, 0.6) is 5.75 Å². The minimum absolute atomic E-state index is 0.0682. The lowest BCUT2D eigenvalue weighted by atomic mass is 9.65. The van der Waals surface area contributed by atoms with E-state index in [1.807, 2.05) is 0 Å². The van der Waals surface area contributed by atoms with Crippen LogP contribution in [0.3, 0.4) is 0 Å². The van der Waals surface area contributed by atoms with Gasteiger partial charge in [0, 0.05) is 16.8 Å². The largest absolute Gasteiger partial charge is 0.496 e. The molecule has 0 saturated heterocycles. The Bertz CT molecular complexity index is 905. The lowest BCUT2D eigenvalue weighted by Gasteiger charge is -2.39. The van der Waals surface area contributed by atoms with E-state index in [1.54, 1.807) is 31.4 Å². The second-order valence-electron chi connectivity index (χ2n) is 7.36. The quantitative estimate of drug-likeness (QED) is 0.756. The van der Waals surface area contributed by atoms with Gasteiger partial charge in [-0.2, -0.15) is 0 Å². The molecule has 1 amide bonds. The van der Waals surface area contributed by atoms with Crippen LogP contribution in [-0.4, -0.2) is 26.1 Å². The highest BCUT2D eigenvalue weighted by atomic mass is 19.1. The predicted octanol–water partition coefficient (Wildman–Crippen LogP) is 4.24. The third kappa shape index (κ3) is 4.01. The molecule has 28 heavy (non-hydrogen) atoms. The summed E-state index contributed by atoms with van der Waals surface area (Å²) in [6.45, 7) is 2.11. The number of rotatable bonds is 6. The van der Waals surface area contributed by atoms with Crippen LogP contribution in [0, 0.1) is 5.82 Å². The second-order valence-corrected chi connectivity index (χ2v) is 7.36. The molecule has 2 aromatic carbocycles. The monoisotopic (exact) mass is 385 g/mol. The zero-order chi connectivity index (χ0) is 20.3. The van der Waals surface area contributed by atoms with Gasteiger partial charge in [-0.3, -0.25) is 4.79 Å². The summed E-state index contributed by atoms with van der Waals surface area (Å²) in [4.78, 5) is 24.0. The molecule has 1 N–H and O–H groups in total. The van der Waals surface area contributed by atoms with Crippen molar-refractivity contribution >= 4 is 17.6 Å². The molecule has 6 heteroatoms. The summed E-state index contributed by atoms with van der Waals surface area (Å²) >= 11 is 0. The van der Waals surface area contributed by atoms with Crippen LogP contribution in [0.25, 0.3) is 0 Å². The van der Waals surface area contributed by atoms with Crippen molar-refractivity contribution in [3.63, 3.8) is 0 Å². The fourth-order valence-corrected chi connectivity index (χ4v) is 3.57. The van der Waals surface area contributed by atoms with Crippen LogP contribution < -0.4 is 10.1 Å². The maximum Gasteiger partial charge on any atom is 0.337 e. The Morgan fingerprint density at radius 2 is 1.93 bits per heavy atom. The number of benzene rings is 2. The molecule has 0 radical (unpaired) electrons. The van der Waals surface area contributed by atoms with Crippen molar-refractivity contribution in [2.45, 2.75) is 38.0 Å². The van der Waals surface area contributed by atoms with Gasteiger partial charge in [0.2, 0.25) is 5.91 Å². The molecule has 0 heterocycles. The van der Waals surface area contributed by atoms with Crippen molar-refractivity contribution in [3.05, 3.63) is 58.9 Å². The highest BCUT2D eigenvalue weighted by molar-refractivity contribution is 5.95. The molecule has 1 aliphatic carbocycles. The van der Waals surface area contributed by atoms with E-state index in [0.29, 0.717) is 17.0 Å². The standard InChI is InChI=1S/C22H24FNO4/c1-22(8-5-9-22)17-13-18(23)15(11-19(17)27-2)12-20(25)24-16-7-4-6-14(10-16)21(26)28-3/h4,6-7,10-11,13H,5,8-9,12H2,1-3H3,(H,24,25). The summed E-state index contributed by atoms with van der Waals surface area (Å²) in [6, 6.07) is 9.51. The van der Waals surface area contributed by atoms with Gasteiger partial charge in [-0.15, -0.1) is 0 Å². The Morgan fingerprint density at radius 1 is 1.18 bits per heavy atom. The Balaban J connectivity index is 1.76. The van der Waals surface area contributed by atoms with Gasteiger partial charge in [0.15, 0.2) is 0 Å². The molecule has 0 spiro atoms. The molecule has 1 saturated carbocycles. The Hall–Kier alpha value is -2.89. The van der Waals surface area contributed by atoms with Gasteiger partial charge in [-0.05, 0) is 48.6 Å². The number of halogens is 1. The summed E-state index contributed by atoms with van der Waals surface area (Å²) in [7, 11) is 2.85. The van der Waals surface area contributed by atoms with Gasteiger partial charge in [-0.25, -0.2) is 9.18 Å². The summed E-state index contributed by atoms with van der Waals surface area (Å²) in [5, 5.41) is 2.69. The second kappa shape index (κ2) is 8.00. The zero-order valence-corrected chi connectivity index (χ0v) is 16.3.